The summed E-state index contributed by atoms with van der Waals surface area (Å²) < 4.78 is 47.3. The number of hydrogen-bond acceptors (Lipinski definition) is 7. The van der Waals surface area contributed by atoms with Gasteiger partial charge in [0, 0.05) is 4.90 Å². The lowest BCUT2D eigenvalue weighted by Gasteiger charge is -2.16. The van der Waals surface area contributed by atoms with Crippen LogP contribution in [-0.4, -0.2) is 38.7 Å². The Hall–Kier alpha value is -2.22. The van der Waals surface area contributed by atoms with Crippen molar-refractivity contribution in [2.24, 2.45) is 0 Å². The number of carbonyl (C=O) groups excluding carboxylic acids is 1. The average Bonchev–Trinajstić information content (AvgIpc) is 3.12. The number of phosphoric acid groups is 1. The number of benzene rings is 2. The van der Waals surface area contributed by atoms with Gasteiger partial charge in [0.2, 0.25) is 0 Å². The monoisotopic (exact) mass is 548 g/mol. The molecular weight excluding hydrogens is 514 g/mol. The number of fused-ring (bicyclic) bond motifs is 1. The number of unbranched alkanes of at least 4 members (excludes halogenated alkanes) is 1. The van der Waals surface area contributed by atoms with Gasteiger partial charge in [-0.15, -0.1) is 11.8 Å². The summed E-state index contributed by atoms with van der Waals surface area (Å²) in [5.74, 6) is -0.732. The Morgan fingerprint density at radius 3 is 2.30 bits per heavy atom. The lowest BCUT2D eigenvalue weighted by atomic mass is 10.0. The van der Waals surface area contributed by atoms with Crippen LogP contribution in [0.3, 0.4) is 0 Å². The van der Waals surface area contributed by atoms with Crippen molar-refractivity contribution in [1.29, 1.82) is 0 Å². The van der Waals surface area contributed by atoms with E-state index in [4.69, 9.17) is 18.3 Å². The topological polar surface area (TPSA) is 71.1 Å². The highest BCUT2D eigenvalue weighted by Crippen LogP contribution is 2.49. The molecule has 0 bridgehead atoms. The standard InChI is InChI=1S/C28H34FO6PS/c1-5-33-36(31,34-6-2)35-16-8-7-15-32-28(30)19-26-20(3)25(24-14-11-22(29)18-27(24)26)17-21-9-12-23(37-4)13-10-21/h9-14,17-18H,5-8,15-16,19H2,1-4H3. The normalized spacial score (nSPS) is 14.4. The minimum absolute atomic E-state index is 0.0470. The highest BCUT2D eigenvalue weighted by Gasteiger charge is 2.27. The average molecular weight is 549 g/mol. The molecular formula is C28H34FO6PS. The second-order valence-electron chi connectivity index (χ2n) is 8.34. The fraction of sp³-hybridized carbons (Fsp3) is 0.393. The third-order valence-electron chi connectivity index (χ3n) is 5.83. The first-order valence-electron chi connectivity index (χ1n) is 12.4. The highest BCUT2D eigenvalue weighted by molar-refractivity contribution is 7.98. The van der Waals surface area contributed by atoms with Crippen molar-refractivity contribution < 1.29 is 32.1 Å². The smallest absolute Gasteiger partial charge is 0.465 e. The molecule has 2 aromatic carbocycles. The molecule has 0 aliphatic heterocycles. The van der Waals surface area contributed by atoms with E-state index in [1.165, 1.54) is 17.0 Å². The molecule has 0 amide bonds. The molecule has 0 atom stereocenters. The highest BCUT2D eigenvalue weighted by atomic mass is 32.2. The van der Waals surface area contributed by atoms with Crippen LogP contribution in [0.5, 0.6) is 0 Å². The molecule has 0 N–H and O–H groups in total. The number of phosphoric ester groups is 1. The zero-order valence-electron chi connectivity index (χ0n) is 21.8. The number of allylic oxidation sites excluding steroid dienone is 2. The second kappa shape index (κ2) is 14.1. The maximum Gasteiger partial charge on any atom is 0.474 e. The predicted octanol–water partition coefficient (Wildman–Crippen LogP) is 7.79. The van der Waals surface area contributed by atoms with Crippen molar-refractivity contribution in [1.82, 2.24) is 0 Å². The number of thioether (sulfide) groups is 1. The van der Waals surface area contributed by atoms with E-state index >= 15 is 0 Å². The van der Waals surface area contributed by atoms with E-state index in [0.29, 0.717) is 12.8 Å². The summed E-state index contributed by atoms with van der Waals surface area (Å²) in [7, 11) is -3.54. The van der Waals surface area contributed by atoms with Crippen LogP contribution in [0.2, 0.25) is 0 Å². The van der Waals surface area contributed by atoms with Crippen molar-refractivity contribution in [3.8, 4) is 0 Å². The summed E-state index contributed by atoms with van der Waals surface area (Å²) in [6, 6.07) is 12.9. The van der Waals surface area contributed by atoms with Gasteiger partial charge in [0.05, 0.1) is 32.8 Å². The SMILES string of the molecule is CCOP(=O)(OCC)OCCCCOC(=O)CC1=C(C)C(=Cc2ccc(SC)cc2)c2ccc(F)cc21. The third kappa shape index (κ3) is 8.13. The molecule has 6 nitrogen and oxygen atoms in total. The Morgan fingerprint density at radius 1 is 0.973 bits per heavy atom. The van der Waals surface area contributed by atoms with E-state index < -0.39 is 7.82 Å². The molecule has 0 saturated heterocycles. The van der Waals surface area contributed by atoms with Crippen LogP contribution >= 0.6 is 19.6 Å². The largest absolute Gasteiger partial charge is 0.474 e. The Morgan fingerprint density at radius 2 is 1.65 bits per heavy atom. The third-order valence-corrected chi connectivity index (χ3v) is 8.22. The maximum absolute atomic E-state index is 14.1. The number of ether oxygens (including phenoxy) is 1. The van der Waals surface area contributed by atoms with Crippen LogP contribution < -0.4 is 0 Å². The van der Waals surface area contributed by atoms with E-state index in [1.54, 1.807) is 31.7 Å². The first kappa shape index (κ1) is 29.3. The van der Waals surface area contributed by atoms with Crippen molar-refractivity contribution in [3.63, 3.8) is 0 Å². The van der Waals surface area contributed by atoms with E-state index in [0.717, 1.165) is 33.4 Å². The summed E-state index contributed by atoms with van der Waals surface area (Å²) >= 11 is 1.68. The molecule has 200 valence electrons. The first-order valence-corrected chi connectivity index (χ1v) is 15.0. The lowest BCUT2D eigenvalue weighted by Crippen LogP contribution is -2.08. The number of esters is 1. The summed E-state index contributed by atoms with van der Waals surface area (Å²) in [5.41, 5.74) is 5.33. The van der Waals surface area contributed by atoms with Gasteiger partial charge in [-0.3, -0.25) is 18.4 Å². The van der Waals surface area contributed by atoms with E-state index in [9.17, 15) is 13.8 Å². The Kier molecular flexibility index (Phi) is 11.2. The molecule has 37 heavy (non-hydrogen) atoms. The van der Waals surface area contributed by atoms with Crippen molar-refractivity contribution in [2.45, 2.75) is 44.9 Å². The van der Waals surface area contributed by atoms with E-state index in [2.05, 4.69) is 18.2 Å². The van der Waals surface area contributed by atoms with Crippen LogP contribution in [0.15, 0.2) is 52.9 Å². The molecule has 3 rings (SSSR count). The summed E-state index contributed by atoms with van der Waals surface area (Å²) in [5, 5.41) is 0. The summed E-state index contributed by atoms with van der Waals surface area (Å²) in [6.45, 7) is 6.18. The summed E-state index contributed by atoms with van der Waals surface area (Å²) in [6.07, 6.45) is 5.20. The van der Waals surface area contributed by atoms with E-state index in [-0.39, 0.29) is 44.6 Å². The molecule has 0 heterocycles. The van der Waals surface area contributed by atoms with Gasteiger partial charge in [0.25, 0.3) is 0 Å². The second-order valence-corrected chi connectivity index (χ2v) is 10.9. The van der Waals surface area contributed by atoms with Gasteiger partial charge in [-0.2, -0.15) is 0 Å². The van der Waals surface area contributed by atoms with Crippen LogP contribution in [0.1, 0.15) is 56.7 Å². The van der Waals surface area contributed by atoms with Gasteiger partial charge < -0.3 is 4.74 Å². The molecule has 0 aromatic heterocycles. The van der Waals surface area contributed by atoms with Gasteiger partial charge in [-0.1, -0.05) is 18.2 Å². The van der Waals surface area contributed by atoms with Gasteiger partial charge in [-0.25, -0.2) is 8.96 Å². The van der Waals surface area contributed by atoms with Gasteiger partial charge in [0.1, 0.15) is 5.82 Å². The number of rotatable bonds is 14. The molecule has 0 radical (unpaired) electrons. The lowest BCUT2D eigenvalue weighted by molar-refractivity contribution is -0.142. The quantitative estimate of drug-likeness (QED) is 0.103. The number of carbonyl (C=O) groups is 1. The van der Waals surface area contributed by atoms with Crippen LogP contribution in [0, 0.1) is 5.82 Å². The molecule has 0 unspecified atom stereocenters. The van der Waals surface area contributed by atoms with Gasteiger partial charge in [-0.05, 0) is 104 Å². The van der Waals surface area contributed by atoms with Crippen molar-refractivity contribution >= 4 is 42.8 Å². The van der Waals surface area contributed by atoms with Crippen LogP contribution in [0.4, 0.5) is 4.39 Å². The Balaban J connectivity index is 1.61. The zero-order valence-corrected chi connectivity index (χ0v) is 23.5. The predicted molar refractivity (Wildman–Crippen MR) is 147 cm³/mol. The molecule has 0 saturated carbocycles. The number of hydrogen-bond donors (Lipinski definition) is 0. The van der Waals surface area contributed by atoms with Crippen LogP contribution in [-0.2, 0) is 27.7 Å². The molecule has 0 fully saturated rings. The van der Waals surface area contributed by atoms with Gasteiger partial charge in [0.15, 0.2) is 0 Å². The van der Waals surface area contributed by atoms with Gasteiger partial charge >= 0.3 is 13.8 Å². The van der Waals surface area contributed by atoms with Crippen LogP contribution in [0.25, 0.3) is 17.2 Å². The molecule has 1 aliphatic carbocycles. The molecule has 0 spiro atoms. The summed E-state index contributed by atoms with van der Waals surface area (Å²) in [4.78, 5) is 13.8. The fourth-order valence-corrected chi connectivity index (χ4v) is 5.66. The number of halogens is 1. The first-order chi connectivity index (χ1) is 17.8. The minimum Gasteiger partial charge on any atom is -0.465 e. The van der Waals surface area contributed by atoms with E-state index in [1.807, 2.05) is 25.3 Å². The maximum atomic E-state index is 14.1. The fourth-order valence-electron chi connectivity index (χ4n) is 4.04. The Labute approximate surface area is 222 Å². The zero-order chi connectivity index (χ0) is 26.8. The molecule has 2 aromatic rings. The minimum atomic E-state index is -3.54. The van der Waals surface area contributed by atoms with Crippen molar-refractivity contribution in [2.75, 3.05) is 32.7 Å². The van der Waals surface area contributed by atoms with Crippen molar-refractivity contribution in [3.05, 3.63) is 70.5 Å². The Bertz CT molecular complexity index is 1180. The molecule has 9 heteroatoms. The molecule has 1 aliphatic rings.